The maximum absolute atomic E-state index is 10.9. The molecule has 0 aromatic heterocycles. The minimum absolute atomic E-state index is 0.0306. The van der Waals surface area contributed by atoms with Crippen molar-refractivity contribution in [1.29, 1.82) is 0 Å². The molecule has 112 valence electrons. The van der Waals surface area contributed by atoms with Crippen LogP contribution >= 0.6 is 0 Å². The Labute approximate surface area is 120 Å². The molecule has 0 aliphatic rings. The Balaban J connectivity index is 2.95. The highest BCUT2D eigenvalue weighted by Gasteiger charge is 2.24. The predicted octanol–water partition coefficient (Wildman–Crippen LogP) is 2.96. The lowest BCUT2D eigenvalue weighted by Gasteiger charge is -2.34. The van der Waals surface area contributed by atoms with E-state index >= 15 is 0 Å². The molecule has 0 amide bonds. The third kappa shape index (κ3) is 4.28. The van der Waals surface area contributed by atoms with E-state index in [1.807, 2.05) is 13.1 Å². The molecule has 1 atom stereocenters. The second-order valence-electron chi connectivity index (χ2n) is 6.06. The van der Waals surface area contributed by atoms with Gasteiger partial charge in [-0.1, -0.05) is 32.9 Å². The molecule has 0 saturated carbocycles. The van der Waals surface area contributed by atoms with Crippen molar-refractivity contribution < 1.29 is 4.92 Å². The Hall–Kier alpha value is -1.46. The molecule has 1 aromatic carbocycles. The van der Waals surface area contributed by atoms with Crippen LogP contribution in [0, 0.1) is 15.5 Å². The molecular formula is C15H25N3O2. The first-order valence-corrected chi connectivity index (χ1v) is 6.95. The summed E-state index contributed by atoms with van der Waals surface area (Å²) in [6.07, 6.45) is 0.901. The highest BCUT2D eigenvalue weighted by atomic mass is 16.6. The van der Waals surface area contributed by atoms with E-state index in [0.29, 0.717) is 6.54 Å². The summed E-state index contributed by atoms with van der Waals surface area (Å²) < 4.78 is 0. The number of nitrogens with zero attached hydrogens (tertiary/aromatic N) is 2. The van der Waals surface area contributed by atoms with Crippen molar-refractivity contribution in [2.75, 3.05) is 20.1 Å². The maximum atomic E-state index is 10.9. The van der Waals surface area contributed by atoms with Crippen molar-refractivity contribution >= 4 is 5.69 Å². The van der Waals surface area contributed by atoms with Crippen LogP contribution in [0.2, 0.25) is 0 Å². The lowest BCUT2D eigenvalue weighted by molar-refractivity contribution is -0.385. The van der Waals surface area contributed by atoms with E-state index in [1.165, 1.54) is 6.07 Å². The van der Waals surface area contributed by atoms with Crippen molar-refractivity contribution in [3.05, 3.63) is 39.9 Å². The third-order valence-corrected chi connectivity index (χ3v) is 3.61. The third-order valence-electron chi connectivity index (χ3n) is 3.61. The lowest BCUT2D eigenvalue weighted by atomic mass is 9.91. The van der Waals surface area contributed by atoms with Crippen LogP contribution in [0.25, 0.3) is 0 Å². The molecule has 0 bridgehead atoms. The molecule has 5 nitrogen and oxygen atoms in total. The van der Waals surface area contributed by atoms with Gasteiger partial charge in [-0.2, -0.15) is 0 Å². The Bertz CT molecular complexity index is 460. The second-order valence-corrected chi connectivity index (χ2v) is 6.06. The van der Waals surface area contributed by atoms with Crippen molar-refractivity contribution in [1.82, 2.24) is 4.90 Å². The summed E-state index contributed by atoms with van der Waals surface area (Å²) in [7, 11) is 2.05. The molecule has 20 heavy (non-hydrogen) atoms. The molecule has 0 spiro atoms. The molecule has 0 fully saturated rings. The molecule has 0 aliphatic heterocycles. The van der Waals surface area contributed by atoms with E-state index in [1.54, 1.807) is 12.1 Å². The number of nitro benzene ring substituents is 1. The number of nitrogens with two attached hydrogens (primary N) is 1. The summed E-state index contributed by atoms with van der Waals surface area (Å²) >= 11 is 0. The van der Waals surface area contributed by atoms with Gasteiger partial charge in [0.05, 0.1) is 4.92 Å². The van der Waals surface area contributed by atoms with Gasteiger partial charge in [0, 0.05) is 24.7 Å². The first kappa shape index (κ1) is 16.6. The summed E-state index contributed by atoms with van der Waals surface area (Å²) in [5.74, 6) is 0. The number of hydrogen-bond donors (Lipinski definition) is 1. The fraction of sp³-hybridized carbons (Fsp3) is 0.600. The smallest absolute Gasteiger partial charge is 0.269 e. The van der Waals surface area contributed by atoms with E-state index in [9.17, 15) is 10.1 Å². The minimum Gasteiger partial charge on any atom is -0.330 e. The molecule has 2 N–H and O–H groups in total. The Morgan fingerprint density at radius 1 is 1.45 bits per heavy atom. The molecular weight excluding hydrogens is 254 g/mol. The summed E-state index contributed by atoms with van der Waals surface area (Å²) in [4.78, 5) is 12.8. The number of benzene rings is 1. The van der Waals surface area contributed by atoms with Crippen LogP contribution < -0.4 is 5.73 Å². The van der Waals surface area contributed by atoms with E-state index < -0.39 is 0 Å². The fourth-order valence-corrected chi connectivity index (χ4v) is 2.50. The largest absolute Gasteiger partial charge is 0.330 e. The van der Waals surface area contributed by atoms with Gasteiger partial charge in [-0.3, -0.25) is 15.0 Å². The van der Waals surface area contributed by atoms with Crippen LogP contribution in [0.5, 0.6) is 0 Å². The Kier molecular flexibility index (Phi) is 5.65. The number of hydrogen-bond acceptors (Lipinski definition) is 4. The highest BCUT2D eigenvalue weighted by molar-refractivity contribution is 5.35. The van der Waals surface area contributed by atoms with Crippen molar-refractivity contribution in [2.45, 2.75) is 33.2 Å². The van der Waals surface area contributed by atoms with Gasteiger partial charge in [-0.05, 0) is 31.0 Å². The Morgan fingerprint density at radius 2 is 2.10 bits per heavy atom. The fourth-order valence-electron chi connectivity index (χ4n) is 2.50. The first-order chi connectivity index (χ1) is 9.30. The molecule has 0 aliphatic carbocycles. The van der Waals surface area contributed by atoms with Crippen molar-refractivity contribution in [3.8, 4) is 0 Å². The van der Waals surface area contributed by atoms with Crippen LogP contribution in [-0.2, 0) is 0 Å². The van der Waals surface area contributed by atoms with Gasteiger partial charge in [0.15, 0.2) is 0 Å². The molecule has 1 unspecified atom stereocenters. The molecule has 0 heterocycles. The monoisotopic (exact) mass is 279 g/mol. The van der Waals surface area contributed by atoms with Gasteiger partial charge in [0.1, 0.15) is 0 Å². The van der Waals surface area contributed by atoms with Gasteiger partial charge in [-0.25, -0.2) is 0 Å². The van der Waals surface area contributed by atoms with E-state index in [0.717, 1.165) is 18.5 Å². The summed E-state index contributed by atoms with van der Waals surface area (Å²) in [5.41, 5.74) is 6.94. The zero-order chi connectivity index (χ0) is 15.3. The second kappa shape index (κ2) is 6.81. The average Bonchev–Trinajstić information content (AvgIpc) is 2.39. The van der Waals surface area contributed by atoms with Crippen LogP contribution in [-0.4, -0.2) is 30.0 Å². The van der Waals surface area contributed by atoms with Crippen molar-refractivity contribution in [3.63, 3.8) is 0 Å². The van der Waals surface area contributed by atoms with Gasteiger partial charge < -0.3 is 5.73 Å². The number of nitro groups is 1. The highest BCUT2D eigenvalue weighted by Crippen LogP contribution is 2.28. The quantitative estimate of drug-likeness (QED) is 0.615. The predicted molar refractivity (Wildman–Crippen MR) is 81.6 cm³/mol. The normalized spacial score (nSPS) is 13.5. The zero-order valence-corrected chi connectivity index (χ0v) is 12.8. The Morgan fingerprint density at radius 3 is 2.60 bits per heavy atom. The minimum atomic E-state index is -0.347. The summed E-state index contributed by atoms with van der Waals surface area (Å²) in [5, 5.41) is 10.9. The molecule has 0 saturated heterocycles. The van der Waals surface area contributed by atoms with Crippen molar-refractivity contribution in [2.24, 2.45) is 11.1 Å². The molecule has 1 rings (SSSR count). The van der Waals surface area contributed by atoms with Gasteiger partial charge in [0.2, 0.25) is 0 Å². The topological polar surface area (TPSA) is 72.4 Å². The van der Waals surface area contributed by atoms with E-state index in [2.05, 4.69) is 25.7 Å². The average molecular weight is 279 g/mol. The van der Waals surface area contributed by atoms with E-state index in [4.69, 9.17) is 5.73 Å². The standard InChI is InChI=1S/C15H25N3O2/c1-5-14(17(4)11-15(2,3)10-16)12-7-6-8-13(9-12)18(19)20/h6-9,14H,5,10-11,16H2,1-4H3. The van der Waals surface area contributed by atoms with Gasteiger partial charge in [0.25, 0.3) is 5.69 Å². The molecule has 5 heteroatoms. The van der Waals surface area contributed by atoms with Gasteiger partial charge >= 0.3 is 0 Å². The molecule has 1 aromatic rings. The maximum Gasteiger partial charge on any atom is 0.269 e. The SMILES string of the molecule is CCC(c1cccc([N+](=O)[O-])c1)N(C)CC(C)(C)CN. The van der Waals surface area contributed by atoms with E-state index in [-0.39, 0.29) is 22.1 Å². The van der Waals surface area contributed by atoms with Gasteiger partial charge in [-0.15, -0.1) is 0 Å². The summed E-state index contributed by atoms with van der Waals surface area (Å²) in [6.45, 7) is 7.82. The summed E-state index contributed by atoms with van der Waals surface area (Å²) in [6, 6.07) is 7.06. The van der Waals surface area contributed by atoms with Crippen LogP contribution in [0.4, 0.5) is 5.69 Å². The van der Waals surface area contributed by atoms with Crippen LogP contribution in [0.15, 0.2) is 24.3 Å². The first-order valence-electron chi connectivity index (χ1n) is 6.95. The zero-order valence-electron chi connectivity index (χ0n) is 12.8. The van der Waals surface area contributed by atoms with Crippen LogP contribution in [0.1, 0.15) is 38.8 Å². The molecule has 0 radical (unpaired) electrons. The van der Waals surface area contributed by atoms with Crippen LogP contribution in [0.3, 0.4) is 0 Å². The number of non-ortho nitro benzene ring substituents is 1. The lowest BCUT2D eigenvalue weighted by Crippen LogP contribution is -2.38. The number of rotatable bonds is 7.